The van der Waals surface area contributed by atoms with Gasteiger partial charge in [-0.1, -0.05) is 48.5 Å². The van der Waals surface area contributed by atoms with Gasteiger partial charge in [0.05, 0.1) is 31.0 Å². The summed E-state index contributed by atoms with van der Waals surface area (Å²) in [5.74, 6) is -1.01. The van der Waals surface area contributed by atoms with Crippen LogP contribution in [0.1, 0.15) is 22.9 Å². The number of aliphatic hydroxyl groups is 1. The Balaban J connectivity index is 1.87. The molecule has 1 saturated heterocycles. The van der Waals surface area contributed by atoms with Crippen molar-refractivity contribution in [2.75, 3.05) is 7.11 Å². The van der Waals surface area contributed by atoms with E-state index in [0.717, 1.165) is 0 Å². The highest BCUT2D eigenvalue weighted by Gasteiger charge is 2.46. The third kappa shape index (κ3) is 3.55. The maximum Gasteiger partial charge on any atom is 0.296 e. The largest absolute Gasteiger partial charge is 0.507 e. The molecule has 4 rings (SSSR count). The summed E-state index contributed by atoms with van der Waals surface area (Å²) in [4.78, 5) is 31.7. The van der Waals surface area contributed by atoms with Crippen LogP contribution >= 0.6 is 0 Å². The molecule has 2 heterocycles. The first kappa shape index (κ1) is 19.4. The number of nitrogens with zero attached hydrogens (tertiary/aromatic N) is 2. The SMILES string of the molecule is COc1cccc(C2/C(=C(/O)c3ccccc3)C(=O)C(=O)N2Cc2ccccn2)c1. The first-order chi connectivity index (χ1) is 14.6. The van der Waals surface area contributed by atoms with Gasteiger partial charge in [0.15, 0.2) is 0 Å². The molecule has 3 aromatic rings. The summed E-state index contributed by atoms with van der Waals surface area (Å²) in [7, 11) is 1.55. The Hall–Kier alpha value is -3.93. The van der Waals surface area contributed by atoms with Crippen molar-refractivity contribution in [2.24, 2.45) is 0 Å². The predicted molar refractivity (Wildman–Crippen MR) is 112 cm³/mol. The zero-order valence-electron chi connectivity index (χ0n) is 16.4. The minimum Gasteiger partial charge on any atom is -0.507 e. The molecule has 1 aromatic heterocycles. The lowest BCUT2D eigenvalue weighted by Gasteiger charge is -2.25. The zero-order valence-corrected chi connectivity index (χ0v) is 16.4. The van der Waals surface area contributed by atoms with Crippen molar-refractivity contribution < 1.29 is 19.4 Å². The molecule has 150 valence electrons. The second-order valence-corrected chi connectivity index (χ2v) is 6.89. The van der Waals surface area contributed by atoms with E-state index in [1.165, 1.54) is 4.90 Å². The highest BCUT2D eigenvalue weighted by atomic mass is 16.5. The van der Waals surface area contributed by atoms with Crippen LogP contribution in [0, 0.1) is 0 Å². The molecule has 2 aromatic carbocycles. The maximum atomic E-state index is 13.0. The van der Waals surface area contributed by atoms with Crippen LogP contribution in [0.25, 0.3) is 5.76 Å². The zero-order chi connectivity index (χ0) is 21.1. The summed E-state index contributed by atoms with van der Waals surface area (Å²) < 4.78 is 5.32. The number of benzene rings is 2. The number of carbonyl (C=O) groups is 2. The second kappa shape index (κ2) is 8.21. The minimum absolute atomic E-state index is 0.0513. The number of likely N-dealkylation sites (tertiary alicyclic amines) is 1. The van der Waals surface area contributed by atoms with Crippen LogP contribution < -0.4 is 4.74 Å². The van der Waals surface area contributed by atoms with E-state index >= 15 is 0 Å². The van der Waals surface area contributed by atoms with Gasteiger partial charge in [0.25, 0.3) is 11.7 Å². The number of amides is 1. The first-order valence-electron chi connectivity index (χ1n) is 9.48. The molecule has 1 amide bonds. The number of methoxy groups -OCH3 is 1. The molecule has 0 radical (unpaired) electrons. The average Bonchev–Trinajstić information content (AvgIpc) is 3.05. The summed E-state index contributed by atoms with van der Waals surface area (Å²) in [5, 5.41) is 11.0. The van der Waals surface area contributed by atoms with Crippen LogP contribution in [0.15, 0.2) is 84.6 Å². The van der Waals surface area contributed by atoms with Crippen LogP contribution in [0.4, 0.5) is 0 Å². The average molecular weight is 400 g/mol. The molecule has 1 N–H and O–H groups in total. The Morgan fingerprint density at radius 1 is 1.03 bits per heavy atom. The Bertz CT molecular complexity index is 1110. The molecule has 1 aliphatic heterocycles. The molecule has 0 aliphatic carbocycles. The number of hydrogen-bond acceptors (Lipinski definition) is 5. The van der Waals surface area contributed by atoms with E-state index in [0.29, 0.717) is 22.6 Å². The number of rotatable bonds is 5. The molecule has 30 heavy (non-hydrogen) atoms. The monoisotopic (exact) mass is 400 g/mol. The Labute approximate surface area is 174 Å². The van der Waals surface area contributed by atoms with Gasteiger partial charge in [-0.05, 0) is 29.8 Å². The van der Waals surface area contributed by atoms with E-state index < -0.39 is 17.7 Å². The van der Waals surface area contributed by atoms with Crippen LogP contribution in [0.2, 0.25) is 0 Å². The molecular weight excluding hydrogens is 380 g/mol. The van der Waals surface area contributed by atoms with Gasteiger partial charge >= 0.3 is 0 Å². The number of pyridine rings is 1. The fraction of sp³-hybridized carbons (Fsp3) is 0.125. The number of carbonyl (C=O) groups excluding carboxylic acids is 2. The van der Waals surface area contributed by atoms with Gasteiger partial charge in [-0.3, -0.25) is 14.6 Å². The third-order valence-electron chi connectivity index (χ3n) is 5.06. The number of Topliss-reactive ketones (excluding diaryl/α,β-unsaturated/α-hetero) is 1. The summed E-state index contributed by atoms with van der Waals surface area (Å²) >= 11 is 0. The summed E-state index contributed by atoms with van der Waals surface area (Å²) in [5.41, 5.74) is 1.84. The minimum atomic E-state index is -0.762. The van der Waals surface area contributed by atoms with Gasteiger partial charge in [0.1, 0.15) is 11.5 Å². The Morgan fingerprint density at radius 2 is 1.80 bits per heavy atom. The van der Waals surface area contributed by atoms with Crippen molar-refractivity contribution >= 4 is 17.4 Å². The molecule has 0 bridgehead atoms. The number of hydrogen-bond donors (Lipinski definition) is 1. The van der Waals surface area contributed by atoms with E-state index in [2.05, 4.69) is 4.98 Å². The standard InChI is InChI=1S/C24H20N2O4/c1-30-19-12-7-10-17(14-19)21-20(22(27)16-8-3-2-4-9-16)23(28)24(29)26(21)15-18-11-5-6-13-25-18/h2-14,21,27H,15H2,1H3/b22-20-. The van der Waals surface area contributed by atoms with Gasteiger partial charge in [-0.15, -0.1) is 0 Å². The van der Waals surface area contributed by atoms with E-state index in [4.69, 9.17) is 4.74 Å². The number of ketones is 1. The van der Waals surface area contributed by atoms with Crippen molar-refractivity contribution in [1.82, 2.24) is 9.88 Å². The highest BCUT2D eigenvalue weighted by molar-refractivity contribution is 6.46. The lowest BCUT2D eigenvalue weighted by molar-refractivity contribution is -0.140. The smallest absolute Gasteiger partial charge is 0.296 e. The van der Waals surface area contributed by atoms with E-state index in [1.807, 2.05) is 18.2 Å². The fourth-order valence-corrected chi connectivity index (χ4v) is 3.62. The summed E-state index contributed by atoms with van der Waals surface area (Å²) in [6, 6.07) is 20.5. The predicted octanol–water partition coefficient (Wildman–Crippen LogP) is 3.71. The van der Waals surface area contributed by atoms with Crippen LogP contribution in [0.5, 0.6) is 5.75 Å². The van der Waals surface area contributed by atoms with Crippen molar-refractivity contribution in [3.05, 3.63) is 101 Å². The third-order valence-corrected chi connectivity index (χ3v) is 5.06. The Kier molecular flexibility index (Phi) is 5.30. The first-order valence-corrected chi connectivity index (χ1v) is 9.48. The lowest BCUT2D eigenvalue weighted by Crippen LogP contribution is -2.29. The highest BCUT2D eigenvalue weighted by Crippen LogP contribution is 2.40. The van der Waals surface area contributed by atoms with Crippen molar-refractivity contribution in [3.8, 4) is 5.75 Å². The molecule has 6 nitrogen and oxygen atoms in total. The molecule has 1 unspecified atom stereocenters. The topological polar surface area (TPSA) is 79.7 Å². The van der Waals surface area contributed by atoms with Crippen LogP contribution in [-0.4, -0.2) is 33.8 Å². The van der Waals surface area contributed by atoms with E-state index in [-0.39, 0.29) is 17.9 Å². The van der Waals surface area contributed by atoms with E-state index in [1.54, 1.807) is 67.9 Å². The van der Waals surface area contributed by atoms with Gasteiger partial charge in [0, 0.05) is 11.8 Å². The quantitative estimate of drug-likeness (QED) is 0.401. The maximum absolute atomic E-state index is 13.0. The van der Waals surface area contributed by atoms with E-state index in [9.17, 15) is 14.7 Å². The van der Waals surface area contributed by atoms with Crippen LogP contribution in [-0.2, 0) is 16.1 Å². The lowest BCUT2D eigenvalue weighted by atomic mass is 9.95. The molecule has 6 heteroatoms. The van der Waals surface area contributed by atoms with Gasteiger partial charge in [-0.2, -0.15) is 0 Å². The van der Waals surface area contributed by atoms with Crippen molar-refractivity contribution in [3.63, 3.8) is 0 Å². The summed E-state index contributed by atoms with van der Waals surface area (Å²) in [6.45, 7) is 0.138. The number of aliphatic hydroxyl groups excluding tert-OH is 1. The molecule has 1 fully saturated rings. The van der Waals surface area contributed by atoms with Crippen LogP contribution in [0.3, 0.4) is 0 Å². The molecule has 1 aliphatic rings. The molecule has 1 atom stereocenters. The fourth-order valence-electron chi connectivity index (χ4n) is 3.62. The van der Waals surface area contributed by atoms with Gasteiger partial charge in [0.2, 0.25) is 0 Å². The van der Waals surface area contributed by atoms with Crippen molar-refractivity contribution in [1.29, 1.82) is 0 Å². The molecular formula is C24H20N2O4. The number of ether oxygens (including phenoxy) is 1. The molecule has 0 saturated carbocycles. The van der Waals surface area contributed by atoms with Gasteiger partial charge in [-0.25, -0.2) is 0 Å². The Morgan fingerprint density at radius 3 is 2.50 bits per heavy atom. The van der Waals surface area contributed by atoms with Gasteiger partial charge < -0.3 is 14.7 Å². The second-order valence-electron chi connectivity index (χ2n) is 6.89. The molecule has 0 spiro atoms. The van der Waals surface area contributed by atoms with Crippen molar-refractivity contribution in [2.45, 2.75) is 12.6 Å². The normalized spacial score (nSPS) is 17.9. The number of aromatic nitrogens is 1. The summed E-state index contributed by atoms with van der Waals surface area (Å²) in [6.07, 6.45) is 1.64.